The maximum absolute atomic E-state index is 10.8. The number of carboxylic acids is 1. The van der Waals surface area contributed by atoms with Crippen LogP contribution < -0.4 is 5.32 Å². The molecule has 3 heteroatoms. The van der Waals surface area contributed by atoms with E-state index in [9.17, 15) is 4.79 Å². The SMILES string of the molecule is CC(C)CC(CC(C)C)Nc1ccc(C(=O)O)cc1. The fraction of sp³-hybridized carbons (Fsp3) is 0.562. The Labute approximate surface area is 116 Å². The molecule has 19 heavy (non-hydrogen) atoms. The van der Waals surface area contributed by atoms with Crippen LogP contribution in [-0.4, -0.2) is 17.1 Å². The molecule has 0 radical (unpaired) electrons. The van der Waals surface area contributed by atoms with E-state index < -0.39 is 5.97 Å². The minimum Gasteiger partial charge on any atom is -0.478 e. The minimum absolute atomic E-state index is 0.329. The molecule has 1 aromatic rings. The van der Waals surface area contributed by atoms with Crippen molar-refractivity contribution in [2.24, 2.45) is 11.8 Å². The van der Waals surface area contributed by atoms with Crippen LogP contribution in [-0.2, 0) is 0 Å². The summed E-state index contributed by atoms with van der Waals surface area (Å²) < 4.78 is 0. The Bertz CT molecular complexity index is 386. The Morgan fingerprint density at radius 1 is 1.05 bits per heavy atom. The van der Waals surface area contributed by atoms with Crippen LogP contribution in [0.2, 0.25) is 0 Å². The number of nitrogens with one attached hydrogen (secondary N) is 1. The molecule has 0 heterocycles. The number of anilines is 1. The van der Waals surface area contributed by atoms with E-state index in [-0.39, 0.29) is 0 Å². The van der Waals surface area contributed by atoms with Crippen molar-refractivity contribution in [3.63, 3.8) is 0 Å². The third-order valence-electron chi connectivity index (χ3n) is 3.01. The van der Waals surface area contributed by atoms with Crippen LogP contribution in [0.15, 0.2) is 24.3 Å². The second kappa shape index (κ2) is 7.17. The predicted octanol–water partition coefficient (Wildman–Crippen LogP) is 4.26. The van der Waals surface area contributed by atoms with Crippen molar-refractivity contribution < 1.29 is 9.90 Å². The molecule has 1 aromatic carbocycles. The van der Waals surface area contributed by atoms with Gasteiger partial charge in [0.2, 0.25) is 0 Å². The summed E-state index contributed by atoms with van der Waals surface area (Å²) >= 11 is 0. The molecule has 0 saturated heterocycles. The standard InChI is InChI=1S/C16H25NO2/c1-11(2)9-15(10-12(3)4)17-14-7-5-13(6-8-14)16(18)19/h5-8,11-12,15,17H,9-10H2,1-4H3,(H,18,19). The van der Waals surface area contributed by atoms with Crippen LogP contribution in [0.5, 0.6) is 0 Å². The van der Waals surface area contributed by atoms with Gasteiger partial charge >= 0.3 is 5.97 Å². The minimum atomic E-state index is -0.882. The van der Waals surface area contributed by atoms with Gasteiger partial charge in [-0.15, -0.1) is 0 Å². The van der Waals surface area contributed by atoms with Crippen molar-refractivity contribution in [2.75, 3.05) is 5.32 Å². The lowest BCUT2D eigenvalue weighted by atomic mass is 9.95. The van der Waals surface area contributed by atoms with E-state index in [1.54, 1.807) is 12.1 Å². The predicted molar refractivity (Wildman–Crippen MR) is 79.7 cm³/mol. The van der Waals surface area contributed by atoms with Crippen molar-refractivity contribution in [1.29, 1.82) is 0 Å². The summed E-state index contributed by atoms with van der Waals surface area (Å²) in [5, 5.41) is 12.4. The van der Waals surface area contributed by atoms with Crippen LogP contribution in [0, 0.1) is 11.8 Å². The van der Waals surface area contributed by atoms with Crippen LogP contribution >= 0.6 is 0 Å². The molecular weight excluding hydrogens is 238 g/mol. The summed E-state index contributed by atoms with van der Waals surface area (Å²) in [5.41, 5.74) is 1.33. The molecule has 106 valence electrons. The first kappa shape index (κ1) is 15.5. The summed E-state index contributed by atoms with van der Waals surface area (Å²) in [4.78, 5) is 10.8. The zero-order valence-electron chi connectivity index (χ0n) is 12.3. The maximum atomic E-state index is 10.8. The van der Waals surface area contributed by atoms with E-state index in [1.807, 2.05) is 12.1 Å². The Morgan fingerprint density at radius 3 is 1.89 bits per heavy atom. The molecule has 0 atom stereocenters. The van der Waals surface area contributed by atoms with Crippen LogP contribution in [0.4, 0.5) is 5.69 Å². The monoisotopic (exact) mass is 263 g/mol. The topological polar surface area (TPSA) is 49.3 Å². The number of carbonyl (C=O) groups is 1. The van der Waals surface area contributed by atoms with Crippen molar-refractivity contribution in [1.82, 2.24) is 0 Å². The summed E-state index contributed by atoms with van der Waals surface area (Å²) in [6.45, 7) is 8.90. The van der Waals surface area contributed by atoms with Crippen molar-refractivity contribution >= 4 is 11.7 Å². The van der Waals surface area contributed by atoms with Crippen molar-refractivity contribution in [2.45, 2.75) is 46.6 Å². The third-order valence-corrected chi connectivity index (χ3v) is 3.01. The van der Waals surface area contributed by atoms with E-state index in [0.29, 0.717) is 23.4 Å². The zero-order chi connectivity index (χ0) is 14.4. The highest BCUT2D eigenvalue weighted by molar-refractivity contribution is 5.87. The van der Waals surface area contributed by atoms with Crippen LogP contribution in [0.1, 0.15) is 50.9 Å². The van der Waals surface area contributed by atoms with E-state index in [0.717, 1.165) is 18.5 Å². The molecule has 0 fully saturated rings. The van der Waals surface area contributed by atoms with Crippen molar-refractivity contribution in [3.05, 3.63) is 29.8 Å². The van der Waals surface area contributed by atoms with Gasteiger partial charge in [0, 0.05) is 11.7 Å². The van der Waals surface area contributed by atoms with Crippen molar-refractivity contribution in [3.8, 4) is 0 Å². The summed E-state index contributed by atoms with van der Waals surface area (Å²) in [6.07, 6.45) is 2.25. The molecule has 0 aliphatic heterocycles. The second-order valence-corrected chi connectivity index (χ2v) is 5.98. The van der Waals surface area contributed by atoms with Gasteiger partial charge in [0.25, 0.3) is 0 Å². The Balaban J connectivity index is 2.69. The fourth-order valence-corrected chi connectivity index (χ4v) is 2.30. The Kier molecular flexibility index (Phi) is 5.87. The summed E-state index contributed by atoms with van der Waals surface area (Å²) in [7, 11) is 0. The fourth-order valence-electron chi connectivity index (χ4n) is 2.30. The lowest BCUT2D eigenvalue weighted by Gasteiger charge is -2.23. The van der Waals surface area contributed by atoms with E-state index in [2.05, 4.69) is 33.0 Å². The summed E-state index contributed by atoms with van der Waals surface area (Å²) in [5.74, 6) is 0.413. The molecular formula is C16H25NO2. The van der Waals surface area contributed by atoms with Gasteiger partial charge in [0.1, 0.15) is 0 Å². The Morgan fingerprint density at radius 2 is 1.53 bits per heavy atom. The van der Waals surface area contributed by atoms with Gasteiger partial charge in [-0.2, -0.15) is 0 Å². The average molecular weight is 263 g/mol. The molecule has 0 aliphatic rings. The number of aromatic carboxylic acids is 1. The number of carboxylic acid groups (broad SMARTS) is 1. The van der Waals surface area contributed by atoms with Gasteiger partial charge in [-0.1, -0.05) is 27.7 Å². The van der Waals surface area contributed by atoms with E-state index in [4.69, 9.17) is 5.11 Å². The molecule has 0 amide bonds. The lowest BCUT2D eigenvalue weighted by Crippen LogP contribution is -2.23. The average Bonchev–Trinajstić information content (AvgIpc) is 2.27. The summed E-state index contributed by atoms with van der Waals surface area (Å²) in [6, 6.07) is 7.42. The largest absolute Gasteiger partial charge is 0.478 e. The van der Waals surface area contributed by atoms with Gasteiger partial charge in [-0.25, -0.2) is 4.79 Å². The maximum Gasteiger partial charge on any atom is 0.335 e. The molecule has 1 rings (SSSR count). The first-order valence-corrected chi connectivity index (χ1v) is 6.98. The highest BCUT2D eigenvalue weighted by Gasteiger charge is 2.13. The molecule has 0 bridgehead atoms. The first-order valence-electron chi connectivity index (χ1n) is 6.98. The third kappa shape index (κ3) is 5.77. The lowest BCUT2D eigenvalue weighted by molar-refractivity contribution is 0.0697. The van der Waals surface area contributed by atoms with E-state index in [1.165, 1.54) is 0 Å². The highest BCUT2D eigenvalue weighted by atomic mass is 16.4. The molecule has 2 N–H and O–H groups in total. The number of rotatable bonds is 7. The van der Waals surface area contributed by atoms with Gasteiger partial charge < -0.3 is 10.4 Å². The highest BCUT2D eigenvalue weighted by Crippen LogP contribution is 2.19. The Hall–Kier alpha value is -1.51. The van der Waals surface area contributed by atoms with Gasteiger partial charge in [0.05, 0.1) is 5.56 Å². The molecule has 0 aliphatic carbocycles. The second-order valence-electron chi connectivity index (χ2n) is 5.98. The van der Waals surface area contributed by atoms with E-state index >= 15 is 0 Å². The van der Waals surface area contributed by atoms with Crippen LogP contribution in [0.3, 0.4) is 0 Å². The van der Waals surface area contributed by atoms with Gasteiger partial charge in [-0.3, -0.25) is 0 Å². The number of benzene rings is 1. The van der Waals surface area contributed by atoms with Gasteiger partial charge in [-0.05, 0) is 48.9 Å². The molecule has 3 nitrogen and oxygen atoms in total. The molecule has 0 aromatic heterocycles. The number of hydrogen-bond donors (Lipinski definition) is 2. The zero-order valence-corrected chi connectivity index (χ0v) is 12.3. The van der Waals surface area contributed by atoms with Crippen LogP contribution in [0.25, 0.3) is 0 Å². The molecule has 0 spiro atoms. The van der Waals surface area contributed by atoms with Gasteiger partial charge in [0.15, 0.2) is 0 Å². The smallest absolute Gasteiger partial charge is 0.335 e. The quantitative estimate of drug-likeness (QED) is 0.773. The molecule has 0 saturated carbocycles. The number of hydrogen-bond acceptors (Lipinski definition) is 2. The normalized spacial score (nSPS) is 11.3. The molecule has 0 unspecified atom stereocenters. The first-order chi connectivity index (χ1) is 8.88.